The summed E-state index contributed by atoms with van der Waals surface area (Å²) in [5.41, 5.74) is 0. The molecule has 0 heterocycles. The van der Waals surface area contributed by atoms with Crippen molar-refractivity contribution in [1.29, 1.82) is 0 Å². The molecule has 0 amide bonds. The number of benzene rings is 1. The van der Waals surface area contributed by atoms with Gasteiger partial charge in [0.05, 0.1) is 4.90 Å². The quantitative estimate of drug-likeness (QED) is 0.630. The highest BCUT2D eigenvalue weighted by molar-refractivity contribution is 8.13. The molecular formula is C7H3ClF4O3S. The number of ether oxygens (including phenoxy) is 1. The Bertz CT molecular complexity index is 479. The summed E-state index contributed by atoms with van der Waals surface area (Å²) in [6.45, 7) is -3.43. The van der Waals surface area contributed by atoms with E-state index in [1.165, 1.54) is 0 Å². The van der Waals surface area contributed by atoms with Crippen molar-refractivity contribution < 1.29 is 30.7 Å². The van der Waals surface area contributed by atoms with E-state index in [1.54, 1.807) is 0 Å². The van der Waals surface area contributed by atoms with Crippen molar-refractivity contribution in [2.24, 2.45) is 0 Å². The maximum Gasteiger partial charge on any atom is 0.387 e. The fourth-order valence-electron chi connectivity index (χ4n) is 0.879. The van der Waals surface area contributed by atoms with Crippen LogP contribution < -0.4 is 4.74 Å². The van der Waals surface area contributed by atoms with Crippen LogP contribution in [0.25, 0.3) is 0 Å². The van der Waals surface area contributed by atoms with Gasteiger partial charge in [-0.3, -0.25) is 0 Å². The van der Waals surface area contributed by atoms with Gasteiger partial charge in [-0.1, -0.05) is 0 Å². The third-order valence-corrected chi connectivity index (χ3v) is 2.79. The number of halogens is 5. The molecule has 0 fully saturated rings. The molecule has 0 aliphatic rings. The van der Waals surface area contributed by atoms with Gasteiger partial charge in [-0.05, 0) is 12.1 Å². The van der Waals surface area contributed by atoms with E-state index in [-0.39, 0.29) is 12.1 Å². The molecule has 0 atom stereocenters. The van der Waals surface area contributed by atoms with Crippen LogP contribution >= 0.6 is 10.7 Å². The van der Waals surface area contributed by atoms with Gasteiger partial charge in [-0.25, -0.2) is 17.2 Å². The molecule has 90 valence electrons. The molecule has 16 heavy (non-hydrogen) atoms. The van der Waals surface area contributed by atoms with Crippen LogP contribution in [0.1, 0.15) is 0 Å². The molecule has 0 N–H and O–H groups in total. The zero-order chi connectivity index (χ0) is 12.5. The van der Waals surface area contributed by atoms with Crippen molar-refractivity contribution in [3.63, 3.8) is 0 Å². The molecule has 1 aromatic rings. The SMILES string of the molecule is O=S(=O)(Cl)c1cc(F)c(OC(F)F)c(F)c1. The van der Waals surface area contributed by atoms with Gasteiger partial charge in [0.2, 0.25) is 0 Å². The van der Waals surface area contributed by atoms with E-state index in [0.717, 1.165) is 0 Å². The molecular weight excluding hydrogens is 276 g/mol. The maximum atomic E-state index is 13.0. The predicted molar refractivity (Wildman–Crippen MR) is 46.0 cm³/mol. The van der Waals surface area contributed by atoms with Crippen molar-refractivity contribution >= 4 is 19.7 Å². The summed E-state index contributed by atoms with van der Waals surface area (Å²) >= 11 is 0. The first-order valence-corrected chi connectivity index (χ1v) is 5.91. The zero-order valence-electron chi connectivity index (χ0n) is 7.25. The highest BCUT2D eigenvalue weighted by atomic mass is 35.7. The van der Waals surface area contributed by atoms with E-state index >= 15 is 0 Å². The smallest absolute Gasteiger partial charge is 0.387 e. The normalized spacial score (nSPS) is 11.9. The predicted octanol–water partition coefficient (Wildman–Crippen LogP) is 2.49. The molecule has 1 aromatic carbocycles. The fraction of sp³-hybridized carbons (Fsp3) is 0.143. The summed E-state index contributed by atoms with van der Waals surface area (Å²) in [7, 11) is 0.467. The Morgan fingerprint density at radius 3 is 1.94 bits per heavy atom. The summed E-state index contributed by atoms with van der Waals surface area (Å²) in [6, 6.07) is 0.562. The second-order valence-corrected chi connectivity index (χ2v) is 5.10. The van der Waals surface area contributed by atoms with Crippen LogP contribution in [0, 0.1) is 11.6 Å². The Morgan fingerprint density at radius 2 is 1.62 bits per heavy atom. The zero-order valence-corrected chi connectivity index (χ0v) is 8.83. The first kappa shape index (κ1) is 13.0. The number of alkyl halides is 2. The number of rotatable bonds is 3. The standard InChI is InChI=1S/C7H3ClF4O3S/c8-16(13,14)3-1-4(9)6(5(10)2-3)15-7(11)12/h1-2,7H. The molecule has 0 spiro atoms. The average Bonchev–Trinajstić information content (AvgIpc) is 2.09. The van der Waals surface area contributed by atoms with Crippen LogP contribution in [-0.4, -0.2) is 15.0 Å². The Labute approximate surface area is 92.0 Å². The Morgan fingerprint density at radius 1 is 1.19 bits per heavy atom. The van der Waals surface area contributed by atoms with Crippen molar-refractivity contribution in [3.8, 4) is 5.75 Å². The van der Waals surface area contributed by atoms with Crippen molar-refractivity contribution in [2.75, 3.05) is 0 Å². The minimum atomic E-state index is -4.34. The van der Waals surface area contributed by atoms with Gasteiger partial charge < -0.3 is 4.74 Å². The topological polar surface area (TPSA) is 43.4 Å². The van der Waals surface area contributed by atoms with Gasteiger partial charge in [-0.15, -0.1) is 0 Å². The lowest BCUT2D eigenvalue weighted by Crippen LogP contribution is -2.06. The maximum absolute atomic E-state index is 13.0. The number of hydrogen-bond acceptors (Lipinski definition) is 3. The molecule has 1 rings (SSSR count). The van der Waals surface area contributed by atoms with Crippen LogP contribution in [0.15, 0.2) is 17.0 Å². The molecule has 9 heteroatoms. The molecule has 3 nitrogen and oxygen atoms in total. The average molecular weight is 279 g/mol. The van der Waals surface area contributed by atoms with Gasteiger partial charge in [0.1, 0.15) is 0 Å². The highest BCUT2D eigenvalue weighted by Gasteiger charge is 2.21. The largest absolute Gasteiger partial charge is 0.429 e. The molecule has 0 bridgehead atoms. The molecule has 0 saturated heterocycles. The van der Waals surface area contributed by atoms with E-state index in [4.69, 9.17) is 10.7 Å². The lowest BCUT2D eigenvalue weighted by molar-refractivity contribution is -0.0547. The Hall–Kier alpha value is -1.02. The minimum Gasteiger partial charge on any atom is -0.429 e. The summed E-state index contributed by atoms with van der Waals surface area (Å²) in [5.74, 6) is -4.53. The lowest BCUT2D eigenvalue weighted by Gasteiger charge is -2.07. The van der Waals surface area contributed by atoms with Gasteiger partial charge in [0.25, 0.3) is 9.05 Å². The minimum absolute atomic E-state index is 0.281. The highest BCUT2D eigenvalue weighted by Crippen LogP contribution is 2.28. The summed E-state index contributed by atoms with van der Waals surface area (Å²) in [5, 5.41) is 0. The van der Waals surface area contributed by atoms with Crippen LogP contribution in [0.2, 0.25) is 0 Å². The summed E-state index contributed by atoms with van der Waals surface area (Å²) in [6.07, 6.45) is 0. The first-order valence-electron chi connectivity index (χ1n) is 3.60. The van der Waals surface area contributed by atoms with Gasteiger partial charge >= 0.3 is 6.61 Å². The Balaban J connectivity index is 3.28. The van der Waals surface area contributed by atoms with Crippen LogP contribution in [0.4, 0.5) is 17.6 Å². The van der Waals surface area contributed by atoms with Crippen molar-refractivity contribution in [3.05, 3.63) is 23.8 Å². The summed E-state index contributed by atoms with van der Waals surface area (Å²) < 4.78 is 74.3. The third kappa shape index (κ3) is 2.99. The van der Waals surface area contributed by atoms with E-state index in [9.17, 15) is 26.0 Å². The Kier molecular flexibility index (Phi) is 3.64. The van der Waals surface area contributed by atoms with E-state index in [2.05, 4.69) is 4.74 Å². The fourth-order valence-corrected chi connectivity index (χ4v) is 1.63. The molecule has 0 aromatic heterocycles. The second-order valence-electron chi connectivity index (χ2n) is 2.53. The van der Waals surface area contributed by atoms with Gasteiger partial charge in [-0.2, -0.15) is 8.78 Å². The molecule has 0 unspecified atom stereocenters. The van der Waals surface area contributed by atoms with Gasteiger partial charge in [0, 0.05) is 10.7 Å². The van der Waals surface area contributed by atoms with Crippen LogP contribution in [0.5, 0.6) is 5.75 Å². The molecule has 0 radical (unpaired) electrons. The first-order chi connectivity index (χ1) is 7.21. The molecule has 0 aliphatic heterocycles. The van der Waals surface area contributed by atoms with Crippen LogP contribution in [0.3, 0.4) is 0 Å². The lowest BCUT2D eigenvalue weighted by atomic mass is 10.3. The number of hydrogen-bond donors (Lipinski definition) is 0. The van der Waals surface area contributed by atoms with E-state index in [0.29, 0.717) is 0 Å². The third-order valence-electron chi connectivity index (χ3n) is 1.46. The van der Waals surface area contributed by atoms with Crippen molar-refractivity contribution in [1.82, 2.24) is 0 Å². The van der Waals surface area contributed by atoms with Crippen molar-refractivity contribution in [2.45, 2.75) is 11.5 Å². The van der Waals surface area contributed by atoms with Gasteiger partial charge in [0.15, 0.2) is 17.4 Å². The molecule has 0 saturated carbocycles. The monoisotopic (exact) mass is 278 g/mol. The van der Waals surface area contributed by atoms with Crippen LogP contribution in [-0.2, 0) is 9.05 Å². The van der Waals surface area contributed by atoms with E-state index in [1.807, 2.05) is 0 Å². The van der Waals surface area contributed by atoms with E-state index < -0.39 is 37.9 Å². The summed E-state index contributed by atoms with van der Waals surface area (Å²) in [4.78, 5) is -0.884. The second kappa shape index (κ2) is 4.46. The molecule has 0 aliphatic carbocycles.